The molecule has 1 N–H and O–H groups in total. The molecule has 188 valence electrons. The highest BCUT2D eigenvalue weighted by Crippen LogP contribution is 2.34. The maximum atomic E-state index is 13.3. The highest BCUT2D eigenvalue weighted by Gasteiger charge is 2.31. The Morgan fingerprint density at radius 1 is 1.03 bits per heavy atom. The van der Waals surface area contributed by atoms with E-state index in [1.807, 2.05) is 43.3 Å². The number of piperidine rings is 1. The Labute approximate surface area is 207 Å². The molecule has 2 amide bonds. The summed E-state index contributed by atoms with van der Waals surface area (Å²) in [5, 5.41) is 2.94. The summed E-state index contributed by atoms with van der Waals surface area (Å²) in [6.45, 7) is 3.12. The van der Waals surface area contributed by atoms with Gasteiger partial charge in [0.1, 0.15) is 0 Å². The van der Waals surface area contributed by atoms with Crippen LogP contribution < -0.4 is 10.2 Å². The first kappa shape index (κ1) is 25.2. The van der Waals surface area contributed by atoms with E-state index in [2.05, 4.69) is 5.32 Å². The summed E-state index contributed by atoms with van der Waals surface area (Å²) in [4.78, 5) is 29.3. The Kier molecular flexibility index (Phi) is 7.47. The van der Waals surface area contributed by atoms with Crippen molar-refractivity contribution >= 4 is 33.2 Å². The lowest BCUT2D eigenvalue weighted by Crippen LogP contribution is -2.40. The topological polar surface area (TPSA) is 90.0 Å². The van der Waals surface area contributed by atoms with E-state index in [1.165, 1.54) is 11.2 Å². The van der Waals surface area contributed by atoms with Crippen LogP contribution in [0, 0.1) is 0 Å². The highest BCUT2D eigenvalue weighted by atomic mass is 32.2. The van der Waals surface area contributed by atoms with Gasteiger partial charge in [0, 0.05) is 40.7 Å². The number of amides is 2. The summed E-state index contributed by atoms with van der Waals surface area (Å²) in [6.07, 6.45) is 3.60. The number of hydrogen-bond acceptors (Lipinski definition) is 5. The standard InChI is InChI=1S/C26H34N4O4S/c1-19(31)30-16-13-20-9-5-6-10-22(20)25(30)18-26(32)27-23-17-21(11-12-24(23)28(2)3)35(33,34)29-14-7-4-8-15-29/h5-6,9-12,17,25H,4,7-8,13-16,18H2,1-3H3,(H,27,32). The molecule has 0 radical (unpaired) electrons. The predicted octanol–water partition coefficient (Wildman–Crippen LogP) is 3.40. The Balaban J connectivity index is 1.61. The lowest BCUT2D eigenvalue weighted by Gasteiger charge is -2.36. The van der Waals surface area contributed by atoms with E-state index in [0.29, 0.717) is 31.0 Å². The van der Waals surface area contributed by atoms with Gasteiger partial charge in [-0.2, -0.15) is 4.31 Å². The molecule has 0 saturated carbocycles. The number of carbonyl (C=O) groups excluding carboxylic acids is 2. The molecule has 0 aromatic heterocycles. The Morgan fingerprint density at radius 3 is 2.43 bits per heavy atom. The lowest BCUT2D eigenvalue weighted by molar-refractivity contribution is -0.132. The SMILES string of the molecule is CC(=O)N1CCc2ccccc2C1CC(=O)Nc1cc(S(=O)(=O)N2CCCCC2)ccc1N(C)C. The van der Waals surface area contributed by atoms with Gasteiger partial charge >= 0.3 is 0 Å². The van der Waals surface area contributed by atoms with Crippen LogP contribution in [0.1, 0.15) is 49.8 Å². The van der Waals surface area contributed by atoms with Crippen molar-refractivity contribution in [2.24, 2.45) is 0 Å². The molecule has 2 heterocycles. The van der Waals surface area contributed by atoms with Crippen LogP contribution in [0.5, 0.6) is 0 Å². The van der Waals surface area contributed by atoms with Crippen LogP contribution in [0.2, 0.25) is 0 Å². The zero-order chi connectivity index (χ0) is 25.2. The van der Waals surface area contributed by atoms with Gasteiger partial charge in [0.05, 0.1) is 28.7 Å². The maximum Gasteiger partial charge on any atom is 0.243 e. The minimum Gasteiger partial charge on any atom is -0.376 e. The van der Waals surface area contributed by atoms with E-state index in [9.17, 15) is 18.0 Å². The van der Waals surface area contributed by atoms with Crippen molar-refractivity contribution in [2.45, 2.75) is 50.0 Å². The minimum atomic E-state index is -3.64. The number of fused-ring (bicyclic) bond motifs is 1. The number of rotatable bonds is 6. The first-order valence-corrected chi connectivity index (χ1v) is 13.6. The third-order valence-corrected chi connectivity index (χ3v) is 8.77. The van der Waals surface area contributed by atoms with Crippen LogP contribution in [0.25, 0.3) is 0 Å². The van der Waals surface area contributed by atoms with Crippen LogP contribution in [0.15, 0.2) is 47.4 Å². The average Bonchev–Trinajstić information content (AvgIpc) is 2.84. The van der Waals surface area contributed by atoms with Gasteiger partial charge in [0.15, 0.2) is 0 Å². The molecule has 9 heteroatoms. The molecular weight excluding hydrogens is 464 g/mol. The molecule has 2 aliphatic rings. The normalized spacial score (nSPS) is 18.6. The molecule has 1 unspecified atom stereocenters. The van der Waals surface area contributed by atoms with Gasteiger partial charge < -0.3 is 15.1 Å². The molecule has 1 atom stereocenters. The van der Waals surface area contributed by atoms with Crippen molar-refractivity contribution in [1.82, 2.24) is 9.21 Å². The van der Waals surface area contributed by atoms with Crippen molar-refractivity contribution in [1.29, 1.82) is 0 Å². The first-order chi connectivity index (χ1) is 16.7. The smallest absolute Gasteiger partial charge is 0.243 e. The fourth-order valence-electron chi connectivity index (χ4n) is 5.05. The fraction of sp³-hybridized carbons (Fsp3) is 0.462. The minimum absolute atomic E-state index is 0.0686. The zero-order valence-corrected chi connectivity index (χ0v) is 21.5. The predicted molar refractivity (Wildman–Crippen MR) is 137 cm³/mol. The molecule has 0 aliphatic carbocycles. The molecule has 8 nitrogen and oxygen atoms in total. The van der Waals surface area contributed by atoms with Gasteiger partial charge in [-0.1, -0.05) is 30.7 Å². The number of benzene rings is 2. The quantitative estimate of drug-likeness (QED) is 0.659. The first-order valence-electron chi connectivity index (χ1n) is 12.1. The molecule has 35 heavy (non-hydrogen) atoms. The van der Waals surface area contributed by atoms with Crippen molar-refractivity contribution in [3.63, 3.8) is 0 Å². The average molecular weight is 499 g/mol. The lowest BCUT2D eigenvalue weighted by atomic mass is 9.90. The second-order valence-corrected chi connectivity index (χ2v) is 11.4. The van der Waals surface area contributed by atoms with Crippen molar-refractivity contribution in [3.8, 4) is 0 Å². The van der Waals surface area contributed by atoms with E-state index < -0.39 is 10.0 Å². The monoisotopic (exact) mass is 498 g/mol. The molecule has 1 fully saturated rings. The van der Waals surface area contributed by atoms with Gasteiger partial charge in [0.2, 0.25) is 21.8 Å². The fourth-order valence-corrected chi connectivity index (χ4v) is 6.59. The second-order valence-electron chi connectivity index (χ2n) is 9.47. The Bertz CT molecular complexity index is 1210. The molecular formula is C26H34N4O4S. The molecule has 4 rings (SSSR count). The number of nitrogens with one attached hydrogen (secondary N) is 1. The molecule has 2 aliphatic heterocycles. The number of hydrogen-bond donors (Lipinski definition) is 1. The number of sulfonamides is 1. The zero-order valence-electron chi connectivity index (χ0n) is 20.7. The van der Waals surface area contributed by atoms with Gasteiger partial charge in [-0.25, -0.2) is 8.42 Å². The maximum absolute atomic E-state index is 13.3. The summed E-state index contributed by atoms with van der Waals surface area (Å²) in [6, 6.07) is 12.4. The van der Waals surface area contributed by atoms with Crippen LogP contribution in [-0.2, 0) is 26.0 Å². The van der Waals surface area contributed by atoms with Crippen LogP contribution in [0.3, 0.4) is 0 Å². The second kappa shape index (κ2) is 10.4. The number of anilines is 2. The number of carbonyl (C=O) groups is 2. The molecule has 0 spiro atoms. The summed E-state index contributed by atoms with van der Waals surface area (Å²) < 4.78 is 28.0. The van der Waals surface area contributed by atoms with Crippen molar-refractivity contribution < 1.29 is 18.0 Å². The van der Waals surface area contributed by atoms with Gasteiger partial charge in [-0.15, -0.1) is 0 Å². The van der Waals surface area contributed by atoms with Crippen LogP contribution in [-0.4, -0.2) is 63.2 Å². The number of nitrogens with zero attached hydrogens (tertiary/aromatic N) is 3. The van der Waals surface area contributed by atoms with Crippen molar-refractivity contribution in [3.05, 3.63) is 53.6 Å². The molecule has 2 aromatic carbocycles. The summed E-state index contributed by atoms with van der Waals surface area (Å²) in [7, 11) is 0.0524. The molecule has 2 aromatic rings. The van der Waals surface area contributed by atoms with E-state index in [4.69, 9.17) is 0 Å². The third-order valence-electron chi connectivity index (χ3n) is 6.87. The Hall–Kier alpha value is -2.91. The van der Waals surface area contributed by atoms with E-state index in [1.54, 1.807) is 23.1 Å². The summed E-state index contributed by atoms with van der Waals surface area (Å²) in [5.74, 6) is -0.338. The molecule has 1 saturated heterocycles. The molecule has 0 bridgehead atoms. The van der Waals surface area contributed by atoms with Crippen LogP contribution >= 0.6 is 0 Å². The van der Waals surface area contributed by atoms with Gasteiger partial charge in [-0.3, -0.25) is 9.59 Å². The summed E-state index contributed by atoms with van der Waals surface area (Å²) >= 11 is 0. The largest absolute Gasteiger partial charge is 0.376 e. The van der Waals surface area contributed by atoms with Crippen molar-refractivity contribution in [2.75, 3.05) is 43.9 Å². The third kappa shape index (κ3) is 5.36. The van der Waals surface area contributed by atoms with E-state index in [-0.39, 0.29) is 29.2 Å². The van der Waals surface area contributed by atoms with Gasteiger partial charge in [0.25, 0.3) is 0 Å². The van der Waals surface area contributed by atoms with E-state index >= 15 is 0 Å². The Morgan fingerprint density at radius 2 is 1.74 bits per heavy atom. The summed E-state index contributed by atoms with van der Waals surface area (Å²) in [5.41, 5.74) is 3.28. The van der Waals surface area contributed by atoms with Crippen LogP contribution in [0.4, 0.5) is 11.4 Å². The highest BCUT2D eigenvalue weighted by molar-refractivity contribution is 7.89. The van der Waals surface area contributed by atoms with Gasteiger partial charge in [-0.05, 0) is 48.6 Å². The van der Waals surface area contributed by atoms with E-state index in [0.717, 1.165) is 36.8 Å².